The van der Waals surface area contributed by atoms with E-state index in [0.717, 1.165) is 40.2 Å². The van der Waals surface area contributed by atoms with E-state index in [0.29, 0.717) is 11.5 Å². The highest BCUT2D eigenvalue weighted by atomic mass is 79.9. The van der Waals surface area contributed by atoms with E-state index < -0.39 is 6.04 Å². The summed E-state index contributed by atoms with van der Waals surface area (Å²) in [4.78, 5) is 13.3. The number of hydrazone groups is 1. The van der Waals surface area contributed by atoms with Crippen molar-refractivity contribution in [1.29, 1.82) is 0 Å². The molecule has 2 aliphatic rings. The van der Waals surface area contributed by atoms with Gasteiger partial charge in [-0.3, -0.25) is 9.80 Å². The molecule has 8 heteroatoms. The van der Waals surface area contributed by atoms with Crippen LogP contribution in [0.15, 0.2) is 88.1 Å². The van der Waals surface area contributed by atoms with Gasteiger partial charge in [-0.2, -0.15) is 5.10 Å². The summed E-state index contributed by atoms with van der Waals surface area (Å²) in [5.41, 5.74) is 3.45. The minimum absolute atomic E-state index is 0.181. The number of hydrogen-bond acceptors (Lipinski definition) is 4. The Hall–Kier alpha value is -2.97. The summed E-state index contributed by atoms with van der Waals surface area (Å²) in [7, 11) is 0. The Kier molecular flexibility index (Phi) is 9.08. The second kappa shape index (κ2) is 12.7. The predicted octanol–water partition coefficient (Wildman–Crippen LogP) is 5.67. The molecule has 2 aromatic rings. The van der Waals surface area contributed by atoms with Crippen molar-refractivity contribution in [1.82, 2.24) is 15.6 Å². The monoisotopic (exact) mass is 551 g/mol. The van der Waals surface area contributed by atoms with Crippen molar-refractivity contribution >= 4 is 50.6 Å². The highest BCUT2D eigenvalue weighted by Crippen LogP contribution is 2.18. The molecule has 182 valence electrons. The summed E-state index contributed by atoms with van der Waals surface area (Å²) in [6.07, 6.45) is 11.6. The van der Waals surface area contributed by atoms with Gasteiger partial charge >= 0.3 is 0 Å². The maximum Gasteiger partial charge on any atom is 0.251 e. The van der Waals surface area contributed by atoms with Crippen molar-refractivity contribution < 1.29 is 4.79 Å². The lowest BCUT2D eigenvalue weighted by atomic mass is 10.1. The summed E-state index contributed by atoms with van der Waals surface area (Å²) >= 11 is 8.94. The highest BCUT2D eigenvalue weighted by Gasteiger charge is 2.22. The normalized spacial score (nSPS) is 17.8. The van der Waals surface area contributed by atoms with Crippen LogP contribution in [0.1, 0.15) is 43.7 Å². The molecule has 1 saturated heterocycles. The lowest BCUT2D eigenvalue weighted by Crippen LogP contribution is -2.41. The molecule has 1 amide bonds. The van der Waals surface area contributed by atoms with Crippen LogP contribution in [0.3, 0.4) is 0 Å². The zero-order valence-corrected chi connectivity index (χ0v) is 21.9. The quantitative estimate of drug-likeness (QED) is 0.403. The molecule has 4 rings (SSSR count). The average molecular weight is 553 g/mol. The second-order valence-corrected chi connectivity index (χ2v) is 9.92. The summed E-state index contributed by atoms with van der Waals surface area (Å²) in [6.45, 7) is 2.03. The van der Waals surface area contributed by atoms with Crippen LogP contribution in [0, 0.1) is 0 Å². The Morgan fingerprint density at radius 1 is 0.943 bits per heavy atom. The molecule has 0 radical (unpaired) electrons. The van der Waals surface area contributed by atoms with E-state index >= 15 is 0 Å². The van der Waals surface area contributed by atoms with Crippen LogP contribution in [0.4, 0.5) is 5.69 Å². The van der Waals surface area contributed by atoms with Crippen LogP contribution in [0.5, 0.6) is 0 Å². The molecule has 3 N–H and O–H groups in total. The number of carbonyl (C=O) groups excluding carboxylic acids is 1. The topological polar surface area (TPSA) is 68.8 Å². The third-order valence-electron chi connectivity index (χ3n) is 5.88. The smallest absolute Gasteiger partial charge is 0.251 e. The molecular formula is C27H30BrN5OS. The number of anilines is 1. The zero-order chi connectivity index (χ0) is 24.5. The van der Waals surface area contributed by atoms with Gasteiger partial charge in [-0.1, -0.05) is 65.2 Å². The third kappa shape index (κ3) is 7.77. The van der Waals surface area contributed by atoms with Crippen LogP contribution >= 0.6 is 28.1 Å². The van der Waals surface area contributed by atoms with Crippen LogP contribution < -0.4 is 16.0 Å². The Morgan fingerprint density at radius 2 is 1.66 bits per heavy atom. The molecule has 0 unspecified atom stereocenters. The molecule has 1 fully saturated rings. The number of benzene rings is 2. The molecule has 0 aromatic heterocycles. The molecule has 1 heterocycles. The lowest BCUT2D eigenvalue weighted by Gasteiger charge is -2.22. The predicted molar refractivity (Wildman–Crippen MR) is 150 cm³/mol. The van der Waals surface area contributed by atoms with E-state index in [2.05, 4.69) is 36.9 Å². The molecule has 6 nitrogen and oxygen atoms in total. The van der Waals surface area contributed by atoms with Crippen molar-refractivity contribution in [3.63, 3.8) is 0 Å². The van der Waals surface area contributed by atoms with Gasteiger partial charge in [-0.25, -0.2) is 0 Å². The molecule has 1 aliphatic heterocycles. The van der Waals surface area contributed by atoms with Gasteiger partial charge in [0, 0.05) is 35.4 Å². The Bertz CT molecular complexity index is 1110. The van der Waals surface area contributed by atoms with E-state index in [-0.39, 0.29) is 5.91 Å². The minimum Gasteiger partial charge on any atom is -0.347 e. The summed E-state index contributed by atoms with van der Waals surface area (Å²) in [5.74, 6) is -0.181. The number of hydrogen-bond donors (Lipinski definition) is 3. The molecule has 35 heavy (non-hydrogen) atoms. The van der Waals surface area contributed by atoms with Crippen LogP contribution in [-0.2, 0) is 4.79 Å². The summed E-state index contributed by atoms with van der Waals surface area (Å²) in [6, 6.07) is 16.6. The third-order valence-corrected chi connectivity index (χ3v) is 6.63. The first-order valence-corrected chi connectivity index (χ1v) is 13.2. The average Bonchev–Trinajstić information content (AvgIpc) is 3.14. The highest BCUT2D eigenvalue weighted by molar-refractivity contribution is 9.10. The van der Waals surface area contributed by atoms with E-state index in [1.807, 2.05) is 72.8 Å². The number of nitrogens with one attached hydrogen (secondary N) is 3. The number of thiocarbonyl (C=S) groups is 1. The van der Waals surface area contributed by atoms with Crippen molar-refractivity contribution in [2.75, 3.05) is 18.4 Å². The first-order valence-electron chi connectivity index (χ1n) is 12.0. The summed E-state index contributed by atoms with van der Waals surface area (Å²) < 4.78 is 0.983. The molecular weight excluding hydrogens is 522 g/mol. The van der Waals surface area contributed by atoms with Gasteiger partial charge in [0.1, 0.15) is 6.04 Å². The van der Waals surface area contributed by atoms with E-state index in [9.17, 15) is 4.79 Å². The van der Waals surface area contributed by atoms with Crippen molar-refractivity contribution in [3.8, 4) is 0 Å². The summed E-state index contributed by atoms with van der Waals surface area (Å²) in [5, 5.41) is 16.7. The molecule has 2 aromatic carbocycles. The van der Waals surface area contributed by atoms with Gasteiger partial charge in [0.15, 0.2) is 5.11 Å². The first-order chi connectivity index (χ1) is 17.1. The Labute approximate surface area is 220 Å². The number of carbonyl (C=O) groups is 1. The van der Waals surface area contributed by atoms with Gasteiger partial charge in [-0.15, -0.1) is 0 Å². The molecule has 0 bridgehead atoms. The van der Waals surface area contributed by atoms with E-state index in [4.69, 9.17) is 17.3 Å². The molecule has 0 spiro atoms. The maximum absolute atomic E-state index is 13.3. The molecule has 1 aliphatic carbocycles. The van der Waals surface area contributed by atoms with Crippen molar-refractivity contribution in [2.24, 2.45) is 5.10 Å². The number of halogens is 1. The van der Waals surface area contributed by atoms with Crippen LogP contribution in [0.2, 0.25) is 0 Å². The van der Waals surface area contributed by atoms with Gasteiger partial charge in [0.2, 0.25) is 0 Å². The van der Waals surface area contributed by atoms with Crippen LogP contribution in [0.25, 0.3) is 0 Å². The zero-order valence-electron chi connectivity index (χ0n) is 19.5. The first kappa shape index (κ1) is 25.1. The largest absolute Gasteiger partial charge is 0.347 e. The minimum atomic E-state index is -0.645. The second-order valence-electron chi connectivity index (χ2n) is 8.59. The number of amides is 1. The SMILES string of the molecule is O=C(NC1=CCC(=NN2CCCCCC2)C=C1)[C@@H](NC(=S)Nc1ccc(Br)cc1)c1ccccc1. The lowest BCUT2D eigenvalue weighted by molar-refractivity contribution is -0.122. The standard InChI is InChI=1S/C27H30BrN5OS/c28-21-10-12-23(13-11-21)30-27(35)31-25(20-8-4-3-5-9-20)26(34)29-22-14-16-24(17-15-22)32-33-18-6-1-2-7-19-33/h3-5,8-16,25H,1-2,6-7,17-19H2,(H,29,34)(H2,30,31,35)/t25-/m0/s1. The van der Waals surface area contributed by atoms with E-state index in [1.165, 1.54) is 25.7 Å². The fourth-order valence-corrected chi connectivity index (χ4v) is 4.53. The van der Waals surface area contributed by atoms with Crippen molar-refractivity contribution in [3.05, 3.63) is 88.6 Å². The Balaban J connectivity index is 1.39. The van der Waals surface area contributed by atoms with Gasteiger partial charge in [0.25, 0.3) is 5.91 Å². The van der Waals surface area contributed by atoms with Crippen LogP contribution in [-0.4, -0.2) is 34.8 Å². The number of rotatable bonds is 6. The van der Waals surface area contributed by atoms with Crippen molar-refractivity contribution in [2.45, 2.75) is 38.1 Å². The maximum atomic E-state index is 13.3. The Morgan fingerprint density at radius 3 is 2.31 bits per heavy atom. The van der Waals surface area contributed by atoms with Gasteiger partial charge < -0.3 is 16.0 Å². The van der Waals surface area contributed by atoms with Gasteiger partial charge in [-0.05, 0) is 67.0 Å². The fourth-order valence-electron chi connectivity index (χ4n) is 4.03. The molecule has 1 atom stereocenters. The number of allylic oxidation sites excluding steroid dienone is 3. The number of nitrogens with zero attached hydrogens (tertiary/aromatic N) is 2. The van der Waals surface area contributed by atoms with E-state index in [1.54, 1.807) is 0 Å². The van der Waals surface area contributed by atoms with Gasteiger partial charge in [0.05, 0.1) is 5.71 Å². The molecule has 0 saturated carbocycles. The fraction of sp³-hybridized carbons (Fsp3) is 0.296.